The lowest BCUT2D eigenvalue weighted by Crippen LogP contribution is -2.06. The van der Waals surface area contributed by atoms with Gasteiger partial charge in [-0.1, -0.05) is 19.9 Å². The Morgan fingerprint density at radius 2 is 1.73 bits per heavy atom. The zero-order valence-corrected chi connectivity index (χ0v) is 15.9. The second-order valence-corrected chi connectivity index (χ2v) is 6.32. The molecule has 0 saturated heterocycles. The third-order valence-corrected chi connectivity index (χ3v) is 4.29. The Labute approximate surface area is 153 Å². The fraction of sp³-hybridized carbons (Fsp3) is 0.350. The molecule has 2 heterocycles. The van der Waals surface area contributed by atoms with Gasteiger partial charge in [0.1, 0.15) is 11.5 Å². The Bertz CT molecular complexity index is 877. The summed E-state index contributed by atoms with van der Waals surface area (Å²) in [5.41, 5.74) is 3.01. The second-order valence-electron chi connectivity index (χ2n) is 6.32. The molecule has 0 amide bonds. The molecule has 1 aromatic carbocycles. The van der Waals surface area contributed by atoms with Crippen LogP contribution in [0, 0.1) is 0 Å². The Kier molecular flexibility index (Phi) is 5.21. The maximum Gasteiger partial charge on any atom is 0.203 e. The van der Waals surface area contributed by atoms with Gasteiger partial charge in [0.05, 0.1) is 27.0 Å². The third-order valence-electron chi connectivity index (χ3n) is 4.29. The van der Waals surface area contributed by atoms with Crippen LogP contribution in [0.2, 0.25) is 0 Å². The number of hydrogen-bond acceptors (Lipinski definition) is 5. The number of methoxy groups -OCH3 is 3. The van der Waals surface area contributed by atoms with Gasteiger partial charge in [-0.15, -0.1) is 0 Å². The van der Waals surface area contributed by atoms with E-state index in [2.05, 4.69) is 23.6 Å². The van der Waals surface area contributed by atoms with Crippen LogP contribution < -0.4 is 19.5 Å². The molecule has 0 aliphatic heterocycles. The molecule has 0 fully saturated rings. The Hall–Kier alpha value is -2.89. The highest BCUT2D eigenvalue weighted by atomic mass is 16.5. The fourth-order valence-electron chi connectivity index (χ4n) is 3.02. The van der Waals surface area contributed by atoms with Crippen molar-refractivity contribution in [2.45, 2.75) is 26.3 Å². The maximum atomic E-state index is 5.44. The quantitative estimate of drug-likeness (QED) is 0.692. The number of nitrogens with zero attached hydrogens (tertiary/aromatic N) is 2. The normalized spacial score (nSPS) is 11.0. The minimum Gasteiger partial charge on any atom is -0.493 e. The van der Waals surface area contributed by atoms with E-state index in [0.29, 0.717) is 29.7 Å². The molecule has 3 aromatic rings. The van der Waals surface area contributed by atoms with Gasteiger partial charge in [0.2, 0.25) is 5.75 Å². The number of rotatable bonds is 7. The summed E-state index contributed by atoms with van der Waals surface area (Å²) in [6.07, 6.45) is 2.02. The minimum absolute atomic E-state index is 0.317. The number of anilines is 1. The SMILES string of the molecule is COc1cc(CNc2c(C(C)C)nc3ccccn23)cc(OC)c1OC. The van der Waals surface area contributed by atoms with Gasteiger partial charge in [0.15, 0.2) is 11.5 Å². The molecule has 0 aliphatic rings. The minimum atomic E-state index is 0.317. The third kappa shape index (κ3) is 3.27. The number of ether oxygens (including phenoxy) is 3. The molecular formula is C20H25N3O3. The molecule has 3 rings (SSSR count). The van der Waals surface area contributed by atoms with Crippen molar-refractivity contribution in [2.75, 3.05) is 26.6 Å². The number of pyridine rings is 1. The molecule has 0 spiro atoms. The highest BCUT2D eigenvalue weighted by Crippen LogP contribution is 2.38. The van der Waals surface area contributed by atoms with Crippen LogP contribution in [0.4, 0.5) is 5.82 Å². The van der Waals surface area contributed by atoms with Crippen molar-refractivity contribution in [3.8, 4) is 17.2 Å². The predicted molar refractivity (Wildman–Crippen MR) is 103 cm³/mol. The summed E-state index contributed by atoms with van der Waals surface area (Å²) < 4.78 is 18.3. The molecule has 0 atom stereocenters. The number of fused-ring (bicyclic) bond motifs is 1. The molecule has 0 saturated carbocycles. The molecule has 6 nitrogen and oxygen atoms in total. The van der Waals surface area contributed by atoms with Crippen LogP contribution in [0.3, 0.4) is 0 Å². The highest BCUT2D eigenvalue weighted by Gasteiger charge is 2.16. The molecule has 0 radical (unpaired) electrons. The lowest BCUT2D eigenvalue weighted by molar-refractivity contribution is 0.324. The Morgan fingerprint density at radius 3 is 2.31 bits per heavy atom. The number of hydrogen-bond donors (Lipinski definition) is 1. The first-order chi connectivity index (χ1) is 12.6. The molecule has 6 heteroatoms. The number of nitrogens with one attached hydrogen (secondary N) is 1. The molecule has 0 unspecified atom stereocenters. The van der Waals surface area contributed by atoms with E-state index in [9.17, 15) is 0 Å². The van der Waals surface area contributed by atoms with E-state index < -0.39 is 0 Å². The smallest absolute Gasteiger partial charge is 0.203 e. The largest absolute Gasteiger partial charge is 0.493 e. The molecule has 0 aliphatic carbocycles. The molecule has 0 bridgehead atoms. The van der Waals surface area contributed by atoms with Crippen molar-refractivity contribution in [3.05, 3.63) is 47.8 Å². The van der Waals surface area contributed by atoms with E-state index in [0.717, 1.165) is 22.7 Å². The first-order valence-electron chi connectivity index (χ1n) is 8.58. The van der Waals surface area contributed by atoms with Gasteiger partial charge < -0.3 is 19.5 Å². The van der Waals surface area contributed by atoms with Crippen molar-refractivity contribution >= 4 is 11.5 Å². The van der Waals surface area contributed by atoms with Crippen molar-refractivity contribution < 1.29 is 14.2 Å². The van der Waals surface area contributed by atoms with Crippen LogP contribution in [0.15, 0.2) is 36.5 Å². The Morgan fingerprint density at radius 1 is 1.04 bits per heavy atom. The van der Waals surface area contributed by atoms with Crippen LogP contribution in [-0.2, 0) is 6.54 Å². The van der Waals surface area contributed by atoms with Crippen LogP contribution in [0.25, 0.3) is 5.65 Å². The van der Waals surface area contributed by atoms with E-state index in [1.165, 1.54) is 0 Å². The summed E-state index contributed by atoms with van der Waals surface area (Å²) in [6.45, 7) is 4.90. The number of benzene rings is 1. The summed E-state index contributed by atoms with van der Waals surface area (Å²) in [4.78, 5) is 4.75. The van der Waals surface area contributed by atoms with Crippen LogP contribution in [-0.4, -0.2) is 30.7 Å². The van der Waals surface area contributed by atoms with E-state index in [-0.39, 0.29) is 0 Å². The molecule has 2 aromatic heterocycles. The van der Waals surface area contributed by atoms with E-state index >= 15 is 0 Å². The summed E-state index contributed by atoms with van der Waals surface area (Å²) in [5.74, 6) is 3.20. The van der Waals surface area contributed by atoms with Crippen molar-refractivity contribution in [1.82, 2.24) is 9.38 Å². The van der Waals surface area contributed by atoms with Gasteiger partial charge in [-0.05, 0) is 35.7 Å². The van der Waals surface area contributed by atoms with Gasteiger partial charge in [-0.25, -0.2) is 4.98 Å². The summed E-state index contributed by atoms with van der Waals surface area (Å²) in [7, 11) is 4.84. The van der Waals surface area contributed by atoms with E-state index in [4.69, 9.17) is 19.2 Å². The summed E-state index contributed by atoms with van der Waals surface area (Å²) in [6, 6.07) is 9.91. The average molecular weight is 355 g/mol. The summed E-state index contributed by atoms with van der Waals surface area (Å²) >= 11 is 0. The lowest BCUT2D eigenvalue weighted by atomic mass is 10.1. The van der Waals surface area contributed by atoms with Gasteiger partial charge in [-0.2, -0.15) is 0 Å². The van der Waals surface area contributed by atoms with Crippen molar-refractivity contribution in [1.29, 1.82) is 0 Å². The zero-order chi connectivity index (χ0) is 18.7. The van der Waals surface area contributed by atoms with Gasteiger partial charge in [-0.3, -0.25) is 4.40 Å². The molecule has 26 heavy (non-hydrogen) atoms. The predicted octanol–water partition coefficient (Wildman–Crippen LogP) is 4.10. The number of aromatic nitrogens is 2. The first kappa shape index (κ1) is 17.9. The van der Waals surface area contributed by atoms with Gasteiger partial charge >= 0.3 is 0 Å². The van der Waals surface area contributed by atoms with Crippen molar-refractivity contribution in [3.63, 3.8) is 0 Å². The highest BCUT2D eigenvalue weighted by molar-refractivity contribution is 5.58. The summed E-state index contributed by atoms with van der Waals surface area (Å²) in [5, 5.41) is 3.52. The average Bonchev–Trinajstić information content (AvgIpc) is 3.04. The Balaban J connectivity index is 1.94. The number of imidazole rings is 1. The van der Waals surface area contributed by atoms with E-state index in [1.807, 2.05) is 36.5 Å². The second kappa shape index (κ2) is 7.56. The molecule has 138 valence electrons. The first-order valence-corrected chi connectivity index (χ1v) is 8.58. The standard InChI is InChI=1S/C20H25N3O3/c1-13(2)18-20(23-9-7-6-8-17(23)22-18)21-12-14-10-15(24-3)19(26-5)16(11-14)25-4/h6-11,13,21H,12H2,1-5H3. The molecule has 1 N–H and O–H groups in total. The fourth-order valence-corrected chi connectivity index (χ4v) is 3.02. The van der Waals surface area contributed by atoms with Gasteiger partial charge in [0, 0.05) is 12.7 Å². The zero-order valence-electron chi connectivity index (χ0n) is 15.9. The van der Waals surface area contributed by atoms with E-state index in [1.54, 1.807) is 21.3 Å². The van der Waals surface area contributed by atoms with Gasteiger partial charge in [0.25, 0.3) is 0 Å². The lowest BCUT2D eigenvalue weighted by Gasteiger charge is -2.15. The topological polar surface area (TPSA) is 57.0 Å². The molecular weight excluding hydrogens is 330 g/mol. The van der Waals surface area contributed by atoms with Crippen LogP contribution >= 0.6 is 0 Å². The van der Waals surface area contributed by atoms with Crippen LogP contribution in [0.5, 0.6) is 17.2 Å². The van der Waals surface area contributed by atoms with Crippen molar-refractivity contribution in [2.24, 2.45) is 0 Å². The monoisotopic (exact) mass is 355 g/mol. The van der Waals surface area contributed by atoms with Crippen LogP contribution in [0.1, 0.15) is 31.0 Å². The maximum absolute atomic E-state index is 5.44.